The van der Waals surface area contributed by atoms with Gasteiger partial charge in [-0.05, 0) is 48.6 Å². The number of carbonyl (C=O) groups excluding carboxylic acids is 1. The average Bonchev–Trinajstić information content (AvgIpc) is 3.47. The highest BCUT2D eigenvalue weighted by atomic mass is 32.2. The highest BCUT2D eigenvalue weighted by Crippen LogP contribution is 2.35. The molecular weight excluding hydrogens is 380 g/mol. The van der Waals surface area contributed by atoms with Crippen molar-refractivity contribution in [3.8, 4) is 17.1 Å². The molecule has 1 unspecified atom stereocenters. The normalized spacial score (nSPS) is 16.6. The lowest BCUT2D eigenvalue weighted by atomic mass is 10.2. The maximum absolute atomic E-state index is 12.7. The highest BCUT2D eigenvalue weighted by Gasteiger charge is 2.30. The Balaban J connectivity index is 1.37. The third-order valence-electron chi connectivity index (χ3n) is 4.60. The number of thioether (sulfide) groups is 1. The van der Waals surface area contributed by atoms with Gasteiger partial charge in [-0.15, -0.1) is 16.4 Å². The number of hydrogen-bond donors (Lipinski definition) is 1. The van der Waals surface area contributed by atoms with Gasteiger partial charge in [0.2, 0.25) is 11.1 Å². The van der Waals surface area contributed by atoms with Crippen LogP contribution in [0, 0.1) is 0 Å². The predicted molar refractivity (Wildman–Crippen MR) is 107 cm³/mol. The van der Waals surface area contributed by atoms with Gasteiger partial charge in [-0.3, -0.25) is 9.89 Å². The Morgan fingerprint density at radius 2 is 2.22 bits per heavy atom. The van der Waals surface area contributed by atoms with E-state index < -0.39 is 0 Å². The monoisotopic (exact) mass is 400 g/mol. The quantitative estimate of drug-likeness (QED) is 0.633. The molecule has 1 aromatic carbocycles. The minimum absolute atomic E-state index is 0.145. The van der Waals surface area contributed by atoms with Gasteiger partial charge < -0.3 is 9.64 Å². The Bertz CT molecular complexity index is 893. The van der Waals surface area contributed by atoms with Gasteiger partial charge >= 0.3 is 0 Å². The minimum Gasteiger partial charge on any atom is -0.497 e. The number of amides is 1. The molecule has 0 saturated carbocycles. The molecular formula is C19H20N4O2S2. The lowest BCUT2D eigenvalue weighted by Crippen LogP contribution is -2.31. The molecule has 2 aromatic heterocycles. The zero-order valence-corrected chi connectivity index (χ0v) is 16.6. The van der Waals surface area contributed by atoms with E-state index in [0.717, 1.165) is 30.7 Å². The van der Waals surface area contributed by atoms with Crippen molar-refractivity contribution in [2.24, 2.45) is 0 Å². The number of carbonyl (C=O) groups is 1. The van der Waals surface area contributed by atoms with Crippen molar-refractivity contribution in [2.75, 3.05) is 19.4 Å². The first kappa shape index (κ1) is 18.1. The number of nitrogens with zero attached hydrogens (tertiary/aromatic N) is 3. The number of hydrogen-bond acceptors (Lipinski definition) is 6. The molecule has 6 nitrogen and oxygen atoms in total. The van der Waals surface area contributed by atoms with E-state index >= 15 is 0 Å². The van der Waals surface area contributed by atoms with Crippen LogP contribution in [-0.2, 0) is 4.79 Å². The second-order valence-electron chi connectivity index (χ2n) is 6.24. The third-order valence-corrected chi connectivity index (χ3v) is 6.40. The zero-order valence-electron chi connectivity index (χ0n) is 14.9. The molecule has 1 fully saturated rings. The van der Waals surface area contributed by atoms with Crippen molar-refractivity contribution in [1.29, 1.82) is 0 Å². The highest BCUT2D eigenvalue weighted by molar-refractivity contribution is 7.99. The minimum atomic E-state index is 0.145. The molecule has 27 heavy (non-hydrogen) atoms. The van der Waals surface area contributed by atoms with Crippen LogP contribution in [0.25, 0.3) is 11.4 Å². The van der Waals surface area contributed by atoms with E-state index in [2.05, 4.69) is 26.6 Å². The van der Waals surface area contributed by atoms with Gasteiger partial charge in [0.1, 0.15) is 5.75 Å². The smallest absolute Gasteiger partial charge is 0.233 e. The van der Waals surface area contributed by atoms with E-state index in [1.165, 1.54) is 16.6 Å². The van der Waals surface area contributed by atoms with Gasteiger partial charge in [0.25, 0.3) is 0 Å². The fourth-order valence-corrected chi connectivity index (χ4v) is 4.80. The first-order valence-corrected chi connectivity index (χ1v) is 10.6. The zero-order chi connectivity index (χ0) is 18.6. The van der Waals surface area contributed by atoms with Crippen LogP contribution in [0.1, 0.15) is 23.8 Å². The van der Waals surface area contributed by atoms with Crippen LogP contribution in [0.2, 0.25) is 0 Å². The van der Waals surface area contributed by atoms with Crippen molar-refractivity contribution in [2.45, 2.75) is 24.0 Å². The van der Waals surface area contributed by atoms with E-state index in [-0.39, 0.29) is 11.9 Å². The molecule has 8 heteroatoms. The molecule has 0 bridgehead atoms. The molecule has 0 spiro atoms. The molecule has 4 rings (SSSR count). The number of rotatable bonds is 6. The maximum Gasteiger partial charge on any atom is 0.233 e. The third kappa shape index (κ3) is 4.01. The average molecular weight is 401 g/mol. The molecule has 1 atom stereocenters. The summed E-state index contributed by atoms with van der Waals surface area (Å²) < 4.78 is 5.17. The number of likely N-dealkylation sites (tertiary alicyclic amines) is 1. The molecule has 1 saturated heterocycles. The SMILES string of the molecule is COc1ccc(-c2nc(SCC(=O)N3CCCC3c3cccs3)n[nH]2)cc1. The number of nitrogens with one attached hydrogen (secondary N) is 1. The van der Waals surface area contributed by atoms with Crippen LogP contribution in [0.4, 0.5) is 0 Å². The van der Waals surface area contributed by atoms with E-state index in [1.54, 1.807) is 18.4 Å². The first-order valence-electron chi connectivity index (χ1n) is 8.77. The van der Waals surface area contributed by atoms with Crippen molar-refractivity contribution in [3.63, 3.8) is 0 Å². The van der Waals surface area contributed by atoms with Gasteiger partial charge in [0.05, 0.1) is 18.9 Å². The van der Waals surface area contributed by atoms with Gasteiger partial charge in [0, 0.05) is 17.0 Å². The Hall–Kier alpha value is -2.32. The second kappa shape index (κ2) is 8.14. The largest absolute Gasteiger partial charge is 0.497 e. The van der Waals surface area contributed by atoms with E-state index in [1.807, 2.05) is 35.2 Å². The van der Waals surface area contributed by atoms with Crippen molar-refractivity contribution >= 4 is 29.0 Å². The Morgan fingerprint density at radius 3 is 2.96 bits per heavy atom. The molecule has 1 N–H and O–H groups in total. The standard InChI is InChI=1S/C19H20N4O2S2/c1-25-14-8-6-13(7-9-14)18-20-19(22-21-18)27-12-17(24)23-10-2-4-15(23)16-5-3-11-26-16/h3,5-9,11,15H,2,4,10,12H2,1H3,(H,20,21,22). The summed E-state index contributed by atoms with van der Waals surface area (Å²) in [4.78, 5) is 20.5. The van der Waals surface area contributed by atoms with Gasteiger partial charge in [0.15, 0.2) is 5.82 Å². The van der Waals surface area contributed by atoms with Crippen LogP contribution in [0.3, 0.4) is 0 Å². The summed E-state index contributed by atoms with van der Waals surface area (Å²) in [5.41, 5.74) is 0.929. The summed E-state index contributed by atoms with van der Waals surface area (Å²) in [6.45, 7) is 0.826. The Kier molecular flexibility index (Phi) is 5.45. The topological polar surface area (TPSA) is 71.1 Å². The first-order chi connectivity index (χ1) is 13.2. The van der Waals surface area contributed by atoms with Gasteiger partial charge in [-0.25, -0.2) is 4.98 Å². The molecule has 0 radical (unpaired) electrons. The molecule has 0 aliphatic carbocycles. The molecule has 140 valence electrons. The van der Waals surface area contributed by atoms with Gasteiger partial charge in [-0.2, -0.15) is 0 Å². The second-order valence-corrected chi connectivity index (χ2v) is 8.17. The molecule has 1 aliphatic rings. The summed E-state index contributed by atoms with van der Waals surface area (Å²) in [5.74, 6) is 1.98. The summed E-state index contributed by atoms with van der Waals surface area (Å²) in [6.07, 6.45) is 2.10. The fraction of sp³-hybridized carbons (Fsp3) is 0.316. The number of benzene rings is 1. The van der Waals surface area contributed by atoms with E-state index in [9.17, 15) is 4.79 Å². The van der Waals surface area contributed by atoms with Crippen LogP contribution in [0.5, 0.6) is 5.75 Å². The molecule has 3 aromatic rings. The summed E-state index contributed by atoms with van der Waals surface area (Å²) in [7, 11) is 1.64. The Morgan fingerprint density at radius 1 is 1.37 bits per heavy atom. The predicted octanol–water partition coefficient (Wildman–Crippen LogP) is 4.00. The van der Waals surface area contributed by atoms with Crippen molar-refractivity contribution < 1.29 is 9.53 Å². The summed E-state index contributed by atoms with van der Waals surface area (Å²) in [6, 6.07) is 12.0. The van der Waals surface area contributed by atoms with Crippen LogP contribution >= 0.6 is 23.1 Å². The number of aromatic amines is 1. The van der Waals surface area contributed by atoms with E-state index in [4.69, 9.17) is 4.74 Å². The molecule has 1 amide bonds. The Labute approximate surface area is 166 Å². The summed E-state index contributed by atoms with van der Waals surface area (Å²) >= 11 is 3.09. The van der Waals surface area contributed by atoms with Crippen molar-refractivity contribution in [1.82, 2.24) is 20.1 Å². The number of ether oxygens (including phenoxy) is 1. The number of H-pyrrole nitrogens is 1. The number of aromatic nitrogens is 3. The van der Waals surface area contributed by atoms with Crippen LogP contribution in [-0.4, -0.2) is 45.4 Å². The van der Waals surface area contributed by atoms with Gasteiger partial charge in [-0.1, -0.05) is 17.8 Å². The lowest BCUT2D eigenvalue weighted by Gasteiger charge is -2.23. The van der Waals surface area contributed by atoms with Crippen molar-refractivity contribution in [3.05, 3.63) is 46.7 Å². The number of methoxy groups -OCH3 is 1. The number of thiophene rings is 1. The lowest BCUT2D eigenvalue weighted by molar-refractivity contribution is -0.129. The van der Waals surface area contributed by atoms with Crippen LogP contribution in [0.15, 0.2) is 46.9 Å². The molecule has 1 aliphatic heterocycles. The maximum atomic E-state index is 12.7. The molecule has 3 heterocycles. The fourth-order valence-electron chi connectivity index (χ4n) is 3.24. The summed E-state index contributed by atoms with van der Waals surface area (Å²) in [5, 5.41) is 9.82. The van der Waals surface area contributed by atoms with Crippen LogP contribution < -0.4 is 4.74 Å². The van der Waals surface area contributed by atoms with E-state index in [0.29, 0.717) is 16.7 Å².